The minimum atomic E-state index is -0.977. The lowest BCUT2D eigenvalue weighted by molar-refractivity contribution is -0.394. The van der Waals surface area contributed by atoms with Crippen molar-refractivity contribution < 1.29 is 24.2 Å². The van der Waals surface area contributed by atoms with E-state index in [0.29, 0.717) is 11.3 Å². The molecule has 2 amide bonds. The van der Waals surface area contributed by atoms with E-state index in [9.17, 15) is 29.8 Å². The number of anilines is 1. The number of hydrazone groups is 1. The molecule has 0 bridgehead atoms. The summed E-state index contributed by atoms with van der Waals surface area (Å²) in [7, 11) is 0. The van der Waals surface area contributed by atoms with Gasteiger partial charge < -0.3 is 10.1 Å². The van der Waals surface area contributed by atoms with Gasteiger partial charge in [0.15, 0.2) is 0 Å². The van der Waals surface area contributed by atoms with E-state index in [1.807, 2.05) is 13.0 Å². The van der Waals surface area contributed by atoms with Gasteiger partial charge in [0.25, 0.3) is 5.69 Å². The smallest absolute Gasteiger partial charge is 0.329 e. The Hall–Kier alpha value is -5.13. The number of carbonyl (C=O) groups is 2. The van der Waals surface area contributed by atoms with Gasteiger partial charge in [-0.25, -0.2) is 5.43 Å². The summed E-state index contributed by atoms with van der Waals surface area (Å²) in [5.41, 5.74) is 3.88. The minimum Gasteiger partial charge on any atom is -0.450 e. The number of amides is 2. The molecule has 0 unspecified atom stereocenters. The molecule has 0 aliphatic heterocycles. The molecule has 0 spiro atoms. The number of nitrogens with one attached hydrogen (secondary N) is 2. The fourth-order valence-electron chi connectivity index (χ4n) is 2.98. The molecule has 178 valence electrons. The van der Waals surface area contributed by atoms with E-state index >= 15 is 0 Å². The van der Waals surface area contributed by atoms with Crippen molar-refractivity contribution in [1.82, 2.24) is 5.43 Å². The predicted molar refractivity (Wildman–Crippen MR) is 127 cm³/mol. The molecule has 0 radical (unpaired) electrons. The van der Waals surface area contributed by atoms with Crippen LogP contribution in [0.5, 0.6) is 11.5 Å². The van der Waals surface area contributed by atoms with Crippen molar-refractivity contribution in [2.75, 3.05) is 5.32 Å². The molecule has 0 atom stereocenters. The second-order valence-electron chi connectivity index (χ2n) is 7.31. The molecule has 0 aliphatic carbocycles. The molecule has 0 heterocycles. The van der Waals surface area contributed by atoms with Gasteiger partial charge in [0, 0.05) is 11.8 Å². The maximum Gasteiger partial charge on any atom is 0.329 e. The monoisotopic (exact) mass is 477 g/mol. The molecule has 2 N–H and O–H groups in total. The van der Waals surface area contributed by atoms with Crippen LogP contribution in [0, 0.1) is 34.1 Å². The van der Waals surface area contributed by atoms with Crippen LogP contribution in [0.25, 0.3) is 0 Å². The second kappa shape index (κ2) is 10.7. The Balaban J connectivity index is 1.66. The van der Waals surface area contributed by atoms with Crippen molar-refractivity contribution in [3.05, 3.63) is 97.6 Å². The number of non-ortho nitro benzene ring substituents is 1. The average molecular weight is 477 g/mol. The van der Waals surface area contributed by atoms with Crippen LogP contribution in [0.2, 0.25) is 0 Å². The molecule has 0 aliphatic rings. The predicted octanol–water partition coefficient (Wildman–Crippen LogP) is 4.00. The lowest BCUT2D eigenvalue weighted by Crippen LogP contribution is -2.32. The van der Waals surface area contributed by atoms with Crippen LogP contribution < -0.4 is 15.5 Å². The summed E-state index contributed by atoms with van der Waals surface area (Å²) < 4.78 is 5.52. The van der Waals surface area contributed by atoms with Crippen molar-refractivity contribution in [2.24, 2.45) is 5.10 Å². The Kier molecular flexibility index (Phi) is 7.46. The summed E-state index contributed by atoms with van der Waals surface area (Å²) in [6, 6.07) is 14.6. The van der Waals surface area contributed by atoms with E-state index in [1.54, 1.807) is 31.2 Å². The molecule has 3 aromatic carbocycles. The summed E-state index contributed by atoms with van der Waals surface area (Å²) in [5.74, 6) is -1.87. The number of hydrogen-bond acceptors (Lipinski definition) is 8. The van der Waals surface area contributed by atoms with Crippen LogP contribution in [-0.4, -0.2) is 27.9 Å². The highest BCUT2D eigenvalue weighted by atomic mass is 16.6. The molecule has 0 saturated heterocycles. The number of carbonyl (C=O) groups excluding carboxylic acids is 2. The van der Waals surface area contributed by atoms with Crippen LogP contribution in [-0.2, 0) is 9.59 Å². The quantitative estimate of drug-likeness (QED) is 0.224. The van der Waals surface area contributed by atoms with Gasteiger partial charge in [-0.2, -0.15) is 5.10 Å². The Morgan fingerprint density at radius 3 is 2.40 bits per heavy atom. The first-order chi connectivity index (χ1) is 16.6. The summed E-state index contributed by atoms with van der Waals surface area (Å²) in [5, 5.41) is 28.4. The van der Waals surface area contributed by atoms with Crippen LogP contribution in [0.15, 0.2) is 65.8 Å². The third-order valence-electron chi connectivity index (χ3n) is 4.65. The van der Waals surface area contributed by atoms with Crippen molar-refractivity contribution >= 4 is 35.1 Å². The van der Waals surface area contributed by atoms with E-state index in [-0.39, 0.29) is 11.5 Å². The van der Waals surface area contributed by atoms with E-state index < -0.39 is 33.0 Å². The van der Waals surface area contributed by atoms with Gasteiger partial charge in [0.2, 0.25) is 5.75 Å². The highest BCUT2D eigenvalue weighted by Gasteiger charge is 2.21. The SMILES string of the molecule is Cc1ccc(NC(=O)C(=O)N/N=C/c2cccc(Oc3ccc([N+](=O)[O-])cc3[N+](=O)[O-])c2)c(C)c1. The van der Waals surface area contributed by atoms with Gasteiger partial charge in [-0.05, 0) is 49.2 Å². The summed E-state index contributed by atoms with van der Waals surface area (Å²) in [6.07, 6.45) is 1.25. The molecule has 0 aromatic heterocycles. The highest BCUT2D eigenvalue weighted by Crippen LogP contribution is 2.34. The zero-order valence-corrected chi connectivity index (χ0v) is 18.6. The number of aryl methyl sites for hydroxylation is 2. The van der Waals surface area contributed by atoms with Crippen molar-refractivity contribution in [1.29, 1.82) is 0 Å². The molecule has 0 fully saturated rings. The van der Waals surface area contributed by atoms with Gasteiger partial charge in [-0.15, -0.1) is 0 Å². The number of nitrogens with zero attached hydrogens (tertiary/aromatic N) is 3. The molecular weight excluding hydrogens is 458 g/mol. The number of nitro benzene ring substituents is 2. The largest absolute Gasteiger partial charge is 0.450 e. The van der Waals surface area contributed by atoms with Crippen LogP contribution in [0.3, 0.4) is 0 Å². The molecule has 0 saturated carbocycles. The average Bonchev–Trinajstić information content (AvgIpc) is 2.81. The summed E-state index contributed by atoms with van der Waals surface area (Å²) >= 11 is 0. The lowest BCUT2D eigenvalue weighted by atomic mass is 10.1. The topological polar surface area (TPSA) is 166 Å². The third-order valence-corrected chi connectivity index (χ3v) is 4.65. The Labute approximate surface area is 198 Å². The minimum absolute atomic E-state index is 0.185. The Bertz CT molecular complexity index is 1350. The van der Waals surface area contributed by atoms with Crippen LogP contribution >= 0.6 is 0 Å². The lowest BCUT2D eigenvalue weighted by Gasteiger charge is -2.08. The molecule has 12 nitrogen and oxygen atoms in total. The second-order valence-corrected chi connectivity index (χ2v) is 7.31. The maximum atomic E-state index is 12.1. The maximum absolute atomic E-state index is 12.1. The Morgan fingerprint density at radius 2 is 1.71 bits per heavy atom. The first-order valence-corrected chi connectivity index (χ1v) is 10.1. The molecule has 3 aromatic rings. The molecule has 3 rings (SSSR count). The van der Waals surface area contributed by atoms with E-state index in [4.69, 9.17) is 4.74 Å². The third kappa shape index (κ3) is 6.44. The molecule has 12 heteroatoms. The van der Waals surface area contributed by atoms with Crippen molar-refractivity contribution in [3.63, 3.8) is 0 Å². The first kappa shape index (κ1) is 24.5. The number of hydrogen-bond donors (Lipinski definition) is 2. The fraction of sp³-hybridized carbons (Fsp3) is 0.0870. The number of benzene rings is 3. The van der Waals surface area contributed by atoms with E-state index in [0.717, 1.165) is 29.3 Å². The van der Waals surface area contributed by atoms with Gasteiger partial charge in [0.05, 0.1) is 22.1 Å². The van der Waals surface area contributed by atoms with Crippen LogP contribution in [0.1, 0.15) is 16.7 Å². The van der Waals surface area contributed by atoms with Crippen LogP contribution in [0.4, 0.5) is 17.1 Å². The van der Waals surface area contributed by atoms with Gasteiger partial charge in [-0.3, -0.25) is 29.8 Å². The summed E-state index contributed by atoms with van der Waals surface area (Å²) in [6.45, 7) is 3.71. The first-order valence-electron chi connectivity index (χ1n) is 10.1. The van der Waals surface area contributed by atoms with Crippen molar-refractivity contribution in [2.45, 2.75) is 13.8 Å². The van der Waals surface area contributed by atoms with Gasteiger partial charge >= 0.3 is 17.5 Å². The van der Waals surface area contributed by atoms with Gasteiger partial charge in [-0.1, -0.05) is 29.8 Å². The number of nitro groups is 2. The fourth-order valence-corrected chi connectivity index (χ4v) is 2.98. The highest BCUT2D eigenvalue weighted by molar-refractivity contribution is 6.39. The zero-order chi connectivity index (χ0) is 25.5. The van der Waals surface area contributed by atoms with Gasteiger partial charge in [0.1, 0.15) is 5.75 Å². The van der Waals surface area contributed by atoms with Crippen molar-refractivity contribution in [3.8, 4) is 11.5 Å². The normalized spacial score (nSPS) is 10.6. The standard InChI is InChI=1S/C23H19N5O7/c1-14-6-8-19(15(2)10-14)25-22(29)23(30)26-24-13-16-4-3-5-18(11-16)35-21-9-7-17(27(31)32)12-20(21)28(33)34/h3-13H,1-2H3,(H,25,29)(H,26,30)/b24-13+. The number of rotatable bonds is 7. The number of ether oxygens (including phenoxy) is 1. The summed E-state index contributed by atoms with van der Waals surface area (Å²) in [4.78, 5) is 44.7. The molecule has 35 heavy (non-hydrogen) atoms. The van der Waals surface area contributed by atoms with E-state index in [2.05, 4.69) is 15.8 Å². The van der Waals surface area contributed by atoms with E-state index in [1.165, 1.54) is 18.3 Å². The Morgan fingerprint density at radius 1 is 0.943 bits per heavy atom. The zero-order valence-electron chi connectivity index (χ0n) is 18.6. The molecular formula is C23H19N5O7.